The molecule has 0 spiro atoms. The van der Waals surface area contributed by atoms with Crippen LogP contribution in [0.4, 0.5) is 24.5 Å². The van der Waals surface area contributed by atoms with E-state index in [1.54, 1.807) is 0 Å². The van der Waals surface area contributed by atoms with E-state index < -0.39 is 10.4 Å². The summed E-state index contributed by atoms with van der Waals surface area (Å²) in [6.07, 6.45) is 0. The number of nitro benzene ring substituents is 1. The van der Waals surface area contributed by atoms with Gasteiger partial charge >= 0.3 is 5.51 Å². The Hall–Kier alpha value is -0.960. The number of hydrogen-bond acceptors (Lipinski definition) is 4. The smallest absolute Gasteiger partial charge is 0.379 e. The van der Waals surface area contributed by atoms with Crippen LogP contribution in [0.3, 0.4) is 0 Å². The van der Waals surface area contributed by atoms with Crippen molar-refractivity contribution < 1.29 is 18.1 Å². The van der Waals surface area contributed by atoms with Gasteiger partial charge in [-0.05, 0) is 23.9 Å². The molecule has 0 heterocycles. The highest BCUT2D eigenvalue weighted by Crippen LogP contribution is 2.31. The van der Waals surface area contributed by atoms with Gasteiger partial charge in [-0.3, -0.25) is 10.1 Å². The summed E-state index contributed by atoms with van der Waals surface area (Å²) in [5, 5.41) is 13.3. The second-order valence-corrected chi connectivity index (χ2v) is 5.22. The van der Waals surface area contributed by atoms with E-state index in [0.29, 0.717) is 4.47 Å². The molecule has 1 rings (SSSR count). The van der Waals surface area contributed by atoms with Crippen molar-refractivity contribution in [2.45, 2.75) is 5.51 Å². The summed E-state index contributed by atoms with van der Waals surface area (Å²) in [6.45, 7) is -0.0124. The van der Waals surface area contributed by atoms with Gasteiger partial charge in [0.05, 0.1) is 4.92 Å². The molecule has 0 atom stereocenters. The fourth-order valence-corrected chi connectivity index (χ4v) is 1.96. The lowest BCUT2D eigenvalue weighted by Crippen LogP contribution is -2.10. The first-order valence-electron chi connectivity index (χ1n) is 4.68. The van der Waals surface area contributed by atoms with Crippen molar-refractivity contribution in [2.24, 2.45) is 0 Å². The molecular formula is C9H8BrF3N2O2S. The molecule has 0 fully saturated rings. The van der Waals surface area contributed by atoms with Gasteiger partial charge in [0.2, 0.25) is 0 Å². The Kier molecular flexibility index (Phi) is 5.27. The van der Waals surface area contributed by atoms with Crippen molar-refractivity contribution in [1.29, 1.82) is 0 Å². The molecule has 1 aromatic rings. The van der Waals surface area contributed by atoms with Crippen molar-refractivity contribution >= 4 is 39.1 Å². The normalized spacial score (nSPS) is 11.3. The second kappa shape index (κ2) is 6.28. The van der Waals surface area contributed by atoms with Crippen molar-refractivity contribution in [3.8, 4) is 0 Å². The summed E-state index contributed by atoms with van der Waals surface area (Å²) in [5.41, 5.74) is -4.27. The lowest BCUT2D eigenvalue weighted by atomic mass is 10.2. The minimum absolute atomic E-state index is 0.0124. The number of halogens is 4. The van der Waals surface area contributed by atoms with E-state index in [1.807, 2.05) is 0 Å². The van der Waals surface area contributed by atoms with Gasteiger partial charge in [0.1, 0.15) is 5.69 Å². The van der Waals surface area contributed by atoms with Gasteiger partial charge in [-0.25, -0.2) is 0 Å². The molecule has 0 bridgehead atoms. The van der Waals surface area contributed by atoms with E-state index in [4.69, 9.17) is 0 Å². The maximum atomic E-state index is 11.9. The number of alkyl halides is 3. The maximum absolute atomic E-state index is 11.9. The average Bonchev–Trinajstić information content (AvgIpc) is 2.22. The van der Waals surface area contributed by atoms with E-state index in [9.17, 15) is 23.3 Å². The van der Waals surface area contributed by atoms with E-state index in [2.05, 4.69) is 21.2 Å². The second-order valence-electron chi connectivity index (χ2n) is 3.14. The minimum atomic E-state index is -4.29. The zero-order valence-electron chi connectivity index (χ0n) is 8.83. The number of hydrogen-bond donors (Lipinski definition) is 1. The van der Waals surface area contributed by atoms with Gasteiger partial charge in [0.15, 0.2) is 0 Å². The van der Waals surface area contributed by atoms with Crippen LogP contribution in [0.15, 0.2) is 22.7 Å². The first-order valence-corrected chi connectivity index (χ1v) is 6.46. The van der Waals surface area contributed by atoms with Gasteiger partial charge in [-0.1, -0.05) is 15.9 Å². The van der Waals surface area contributed by atoms with Crippen LogP contribution in [0.25, 0.3) is 0 Å². The van der Waals surface area contributed by atoms with Crippen LogP contribution in [-0.2, 0) is 0 Å². The molecule has 0 unspecified atom stereocenters. The number of benzene rings is 1. The van der Waals surface area contributed by atoms with Crippen LogP contribution in [0.5, 0.6) is 0 Å². The largest absolute Gasteiger partial charge is 0.441 e. The summed E-state index contributed by atoms with van der Waals surface area (Å²) < 4.78 is 36.2. The van der Waals surface area contributed by atoms with E-state index in [-0.39, 0.29) is 35.4 Å². The van der Waals surface area contributed by atoms with Crippen LogP contribution in [0.1, 0.15) is 0 Å². The number of nitrogens with one attached hydrogen (secondary N) is 1. The molecule has 1 aromatic carbocycles. The van der Waals surface area contributed by atoms with Gasteiger partial charge in [0, 0.05) is 22.8 Å². The summed E-state index contributed by atoms with van der Waals surface area (Å²) in [6, 6.07) is 4.23. The zero-order valence-corrected chi connectivity index (χ0v) is 11.2. The Morgan fingerprint density at radius 2 is 2.11 bits per heavy atom. The molecule has 0 saturated heterocycles. The molecule has 0 saturated carbocycles. The van der Waals surface area contributed by atoms with Gasteiger partial charge < -0.3 is 5.32 Å². The third-order valence-corrected chi connectivity index (χ3v) is 3.07. The lowest BCUT2D eigenvalue weighted by Gasteiger charge is -2.08. The Morgan fingerprint density at radius 1 is 1.44 bits per heavy atom. The Balaban J connectivity index is 2.61. The minimum Gasteiger partial charge on any atom is -0.379 e. The highest BCUT2D eigenvalue weighted by molar-refractivity contribution is 9.10. The van der Waals surface area contributed by atoms with Gasteiger partial charge in [-0.15, -0.1) is 0 Å². The maximum Gasteiger partial charge on any atom is 0.441 e. The lowest BCUT2D eigenvalue weighted by molar-refractivity contribution is -0.384. The monoisotopic (exact) mass is 344 g/mol. The standard InChI is InChI=1S/C9H8BrF3N2O2S/c10-6-1-2-8(15(16)17)7(5-6)14-3-4-18-9(11,12)13/h1-2,5,14H,3-4H2. The summed E-state index contributed by atoms with van der Waals surface area (Å²) in [7, 11) is 0. The van der Waals surface area contributed by atoms with Crippen LogP contribution in [0, 0.1) is 10.1 Å². The van der Waals surface area contributed by atoms with Gasteiger partial charge in [-0.2, -0.15) is 13.2 Å². The van der Waals surface area contributed by atoms with Crippen LogP contribution < -0.4 is 5.32 Å². The molecular weight excluding hydrogens is 337 g/mol. The first kappa shape index (κ1) is 15.1. The van der Waals surface area contributed by atoms with Crippen molar-refractivity contribution in [3.05, 3.63) is 32.8 Å². The van der Waals surface area contributed by atoms with E-state index in [1.165, 1.54) is 18.2 Å². The Morgan fingerprint density at radius 3 is 2.67 bits per heavy atom. The Bertz CT molecular complexity index is 442. The molecule has 1 N–H and O–H groups in total. The third-order valence-electron chi connectivity index (χ3n) is 1.84. The fraction of sp³-hybridized carbons (Fsp3) is 0.333. The molecule has 0 aliphatic heterocycles. The predicted molar refractivity (Wildman–Crippen MR) is 67.8 cm³/mol. The molecule has 0 aliphatic rings. The molecule has 0 amide bonds. The Labute approximate surface area is 113 Å². The quantitative estimate of drug-likeness (QED) is 0.498. The topological polar surface area (TPSA) is 55.2 Å². The number of thioether (sulfide) groups is 1. The SMILES string of the molecule is O=[N+]([O-])c1ccc(Br)cc1NCCSC(F)(F)F. The number of nitrogens with zero attached hydrogens (tertiary/aromatic N) is 1. The van der Waals surface area contributed by atoms with E-state index in [0.717, 1.165) is 0 Å². The molecule has 4 nitrogen and oxygen atoms in total. The van der Waals surface area contributed by atoms with Crippen LogP contribution in [0.2, 0.25) is 0 Å². The van der Waals surface area contributed by atoms with Crippen molar-refractivity contribution in [1.82, 2.24) is 0 Å². The first-order chi connectivity index (χ1) is 8.29. The highest BCUT2D eigenvalue weighted by atomic mass is 79.9. The number of rotatable bonds is 5. The summed E-state index contributed by atoms with van der Waals surface area (Å²) in [4.78, 5) is 10.1. The molecule has 0 radical (unpaired) electrons. The van der Waals surface area contributed by atoms with Crippen molar-refractivity contribution in [2.75, 3.05) is 17.6 Å². The van der Waals surface area contributed by atoms with Crippen molar-refractivity contribution in [3.63, 3.8) is 0 Å². The molecule has 9 heteroatoms. The number of anilines is 1. The predicted octanol–water partition coefficient (Wildman–Crippen LogP) is 4.02. The van der Waals surface area contributed by atoms with Crippen LogP contribution in [-0.4, -0.2) is 22.7 Å². The summed E-state index contributed by atoms with van der Waals surface area (Å²) in [5.74, 6) is -0.215. The fourth-order valence-electron chi connectivity index (χ4n) is 1.16. The molecule has 0 aromatic heterocycles. The third kappa shape index (κ3) is 5.13. The van der Waals surface area contributed by atoms with E-state index >= 15 is 0 Å². The van der Waals surface area contributed by atoms with Crippen LogP contribution >= 0.6 is 27.7 Å². The highest BCUT2D eigenvalue weighted by Gasteiger charge is 2.27. The number of nitro groups is 1. The molecule has 100 valence electrons. The zero-order chi connectivity index (χ0) is 13.8. The van der Waals surface area contributed by atoms with Gasteiger partial charge in [0.25, 0.3) is 5.69 Å². The summed E-state index contributed by atoms with van der Waals surface area (Å²) >= 11 is 2.97. The average molecular weight is 345 g/mol. The molecule has 0 aliphatic carbocycles. The molecule has 18 heavy (non-hydrogen) atoms.